The third kappa shape index (κ3) is 3.72. The molecule has 21 heavy (non-hydrogen) atoms. The topological polar surface area (TPSA) is 63.2 Å². The summed E-state index contributed by atoms with van der Waals surface area (Å²) in [7, 11) is 1.78. The third-order valence-corrected chi connectivity index (χ3v) is 2.98. The molecule has 0 saturated carbocycles. The van der Waals surface area contributed by atoms with Crippen molar-refractivity contribution < 1.29 is 9.53 Å². The van der Waals surface area contributed by atoms with Crippen LogP contribution in [-0.4, -0.2) is 24.5 Å². The Kier molecular flexibility index (Phi) is 4.77. The highest BCUT2D eigenvalue weighted by Gasteiger charge is 2.12. The van der Waals surface area contributed by atoms with Gasteiger partial charge in [0.1, 0.15) is 5.75 Å². The molecule has 1 aromatic heterocycles. The molecule has 0 aliphatic rings. The number of aromatic nitrogens is 1. The van der Waals surface area contributed by atoms with Crippen LogP contribution in [0.15, 0.2) is 36.5 Å². The minimum Gasteiger partial charge on any atom is -0.494 e. The number of hydrogen-bond acceptors (Lipinski definition) is 4. The van der Waals surface area contributed by atoms with Crippen LogP contribution in [0.2, 0.25) is 0 Å². The lowest BCUT2D eigenvalue weighted by Gasteiger charge is -2.10. The predicted octanol–water partition coefficient (Wildman–Crippen LogP) is 3.08. The van der Waals surface area contributed by atoms with Crippen LogP contribution in [-0.2, 0) is 0 Å². The van der Waals surface area contributed by atoms with Crippen molar-refractivity contribution in [1.82, 2.24) is 4.98 Å². The van der Waals surface area contributed by atoms with E-state index < -0.39 is 0 Å². The van der Waals surface area contributed by atoms with Gasteiger partial charge in [-0.05, 0) is 44.2 Å². The van der Waals surface area contributed by atoms with E-state index in [2.05, 4.69) is 15.6 Å². The van der Waals surface area contributed by atoms with Crippen LogP contribution in [0.4, 0.5) is 11.4 Å². The van der Waals surface area contributed by atoms with Gasteiger partial charge in [-0.1, -0.05) is 0 Å². The van der Waals surface area contributed by atoms with Gasteiger partial charge < -0.3 is 15.4 Å². The smallest absolute Gasteiger partial charge is 0.259 e. The van der Waals surface area contributed by atoms with Crippen molar-refractivity contribution in [3.8, 4) is 5.75 Å². The molecule has 0 aliphatic heterocycles. The molecule has 1 heterocycles. The Morgan fingerprint density at radius 1 is 1.29 bits per heavy atom. The van der Waals surface area contributed by atoms with Crippen LogP contribution in [0, 0.1) is 6.92 Å². The first-order valence-corrected chi connectivity index (χ1v) is 6.82. The van der Waals surface area contributed by atoms with E-state index in [0.29, 0.717) is 17.9 Å². The quantitative estimate of drug-likeness (QED) is 0.886. The van der Waals surface area contributed by atoms with Gasteiger partial charge in [0.25, 0.3) is 5.91 Å². The normalized spacial score (nSPS) is 10.0. The van der Waals surface area contributed by atoms with Crippen LogP contribution in [0.5, 0.6) is 5.75 Å². The maximum absolute atomic E-state index is 12.3. The molecule has 1 amide bonds. The number of pyridine rings is 1. The number of carbonyl (C=O) groups excluding carboxylic acids is 1. The first kappa shape index (κ1) is 14.8. The number of nitrogens with zero attached hydrogens (tertiary/aromatic N) is 1. The van der Waals surface area contributed by atoms with Crippen molar-refractivity contribution in [1.29, 1.82) is 0 Å². The van der Waals surface area contributed by atoms with E-state index in [1.807, 2.05) is 44.2 Å². The average Bonchev–Trinajstić information content (AvgIpc) is 2.49. The summed E-state index contributed by atoms with van der Waals surface area (Å²) >= 11 is 0. The summed E-state index contributed by atoms with van der Waals surface area (Å²) in [6, 6.07) is 9.11. The van der Waals surface area contributed by atoms with Crippen LogP contribution in [0.25, 0.3) is 0 Å². The van der Waals surface area contributed by atoms with Crippen molar-refractivity contribution in [3.63, 3.8) is 0 Å². The molecule has 0 unspecified atom stereocenters. The molecule has 0 atom stereocenters. The summed E-state index contributed by atoms with van der Waals surface area (Å²) in [5, 5.41) is 5.86. The zero-order valence-corrected chi connectivity index (χ0v) is 12.4. The highest BCUT2D eigenvalue weighted by Crippen LogP contribution is 2.19. The number of anilines is 2. The van der Waals surface area contributed by atoms with E-state index in [0.717, 1.165) is 17.1 Å². The maximum Gasteiger partial charge on any atom is 0.259 e. The highest BCUT2D eigenvalue weighted by atomic mass is 16.5. The molecule has 2 N–H and O–H groups in total. The second-order valence-electron chi connectivity index (χ2n) is 4.53. The van der Waals surface area contributed by atoms with Gasteiger partial charge in [0.15, 0.2) is 0 Å². The number of rotatable bonds is 5. The Morgan fingerprint density at radius 3 is 2.62 bits per heavy atom. The van der Waals surface area contributed by atoms with Crippen molar-refractivity contribution in [2.45, 2.75) is 13.8 Å². The monoisotopic (exact) mass is 285 g/mol. The van der Waals surface area contributed by atoms with Crippen molar-refractivity contribution in [2.24, 2.45) is 0 Å². The molecule has 5 heteroatoms. The molecule has 5 nitrogen and oxygen atoms in total. The highest BCUT2D eigenvalue weighted by molar-refractivity contribution is 6.07. The van der Waals surface area contributed by atoms with Crippen LogP contribution >= 0.6 is 0 Å². The molecule has 0 saturated heterocycles. The standard InChI is InChI=1S/C16H19N3O2/c1-4-21-13-7-5-12(6-8-13)19-16(20)14-10-18-11(2)9-15(14)17-3/h5-10H,4H2,1-3H3,(H,17,18)(H,19,20). The predicted molar refractivity (Wildman–Crippen MR) is 84.1 cm³/mol. The van der Waals surface area contributed by atoms with E-state index in [1.54, 1.807) is 13.2 Å². The summed E-state index contributed by atoms with van der Waals surface area (Å²) in [5.41, 5.74) is 2.84. The molecular weight excluding hydrogens is 266 g/mol. The molecule has 2 aromatic rings. The van der Waals surface area contributed by atoms with Crippen molar-refractivity contribution in [3.05, 3.63) is 47.8 Å². The van der Waals surface area contributed by atoms with E-state index in [1.165, 1.54) is 0 Å². The fourth-order valence-corrected chi connectivity index (χ4v) is 1.95. The lowest BCUT2D eigenvalue weighted by Crippen LogP contribution is -2.14. The number of amides is 1. The van der Waals surface area contributed by atoms with Gasteiger partial charge in [0, 0.05) is 24.6 Å². The lowest BCUT2D eigenvalue weighted by atomic mass is 10.2. The zero-order valence-electron chi connectivity index (χ0n) is 12.4. The third-order valence-electron chi connectivity index (χ3n) is 2.98. The number of ether oxygens (including phenoxy) is 1. The summed E-state index contributed by atoms with van der Waals surface area (Å²) in [4.78, 5) is 16.5. The summed E-state index contributed by atoms with van der Waals surface area (Å²) in [5.74, 6) is 0.583. The van der Waals surface area contributed by atoms with Gasteiger partial charge in [-0.3, -0.25) is 9.78 Å². The van der Waals surface area contributed by atoms with Gasteiger partial charge >= 0.3 is 0 Å². The molecule has 2 rings (SSSR count). The zero-order chi connectivity index (χ0) is 15.2. The number of carbonyl (C=O) groups is 1. The summed E-state index contributed by atoms with van der Waals surface area (Å²) < 4.78 is 5.37. The fraction of sp³-hybridized carbons (Fsp3) is 0.250. The number of benzene rings is 1. The average molecular weight is 285 g/mol. The lowest BCUT2D eigenvalue weighted by molar-refractivity contribution is 0.102. The maximum atomic E-state index is 12.3. The Labute approximate surface area is 124 Å². The Hall–Kier alpha value is -2.56. The van der Waals surface area contributed by atoms with Crippen LogP contribution < -0.4 is 15.4 Å². The fourth-order valence-electron chi connectivity index (χ4n) is 1.95. The van der Waals surface area contributed by atoms with Crippen LogP contribution in [0.3, 0.4) is 0 Å². The molecule has 0 spiro atoms. The Bertz CT molecular complexity index is 624. The van der Waals surface area contributed by atoms with Gasteiger partial charge in [0.2, 0.25) is 0 Å². The first-order chi connectivity index (χ1) is 10.1. The molecule has 0 bridgehead atoms. The Morgan fingerprint density at radius 2 is 2.00 bits per heavy atom. The number of hydrogen-bond donors (Lipinski definition) is 2. The molecular formula is C16H19N3O2. The van der Waals surface area contributed by atoms with E-state index in [9.17, 15) is 4.79 Å². The second-order valence-corrected chi connectivity index (χ2v) is 4.53. The largest absolute Gasteiger partial charge is 0.494 e. The van der Waals surface area contributed by atoms with Gasteiger partial charge in [0.05, 0.1) is 17.9 Å². The molecule has 0 fully saturated rings. The number of aryl methyl sites for hydroxylation is 1. The molecule has 0 aliphatic carbocycles. The van der Waals surface area contributed by atoms with Gasteiger partial charge in [-0.15, -0.1) is 0 Å². The van der Waals surface area contributed by atoms with Crippen molar-refractivity contribution in [2.75, 3.05) is 24.3 Å². The van der Waals surface area contributed by atoms with E-state index in [-0.39, 0.29) is 5.91 Å². The Balaban J connectivity index is 2.14. The second kappa shape index (κ2) is 6.74. The minimum absolute atomic E-state index is 0.198. The number of nitrogens with one attached hydrogen (secondary N) is 2. The first-order valence-electron chi connectivity index (χ1n) is 6.82. The minimum atomic E-state index is -0.198. The summed E-state index contributed by atoms with van der Waals surface area (Å²) in [6.45, 7) is 4.43. The van der Waals surface area contributed by atoms with Gasteiger partial charge in [-0.2, -0.15) is 0 Å². The molecule has 110 valence electrons. The van der Waals surface area contributed by atoms with E-state index in [4.69, 9.17) is 4.74 Å². The molecule has 1 aromatic carbocycles. The molecule has 0 radical (unpaired) electrons. The van der Waals surface area contributed by atoms with Crippen LogP contribution in [0.1, 0.15) is 23.0 Å². The van der Waals surface area contributed by atoms with E-state index >= 15 is 0 Å². The summed E-state index contributed by atoms with van der Waals surface area (Å²) in [6.07, 6.45) is 1.57. The SMILES string of the molecule is CCOc1ccc(NC(=O)c2cnc(C)cc2NC)cc1. The van der Waals surface area contributed by atoms with Crippen molar-refractivity contribution >= 4 is 17.3 Å². The van der Waals surface area contributed by atoms with Gasteiger partial charge in [-0.25, -0.2) is 0 Å².